The second-order valence-corrected chi connectivity index (χ2v) is 3.12. The molecule has 0 saturated heterocycles. The first-order valence-electron chi connectivity index (χ1n) is 4.63. The van der Waals surface area contributed by atoms with E-state index in [1.165, 1.54) is 6.20 Å². The molecule has 1 aromatic heterocycles. The van der Waals surface area contributed by atoms with Crippen LogP contribution in [0, 0.1) is 6.92 Å². The molecule has 4 nitrogen and oxygen atoms in total. The maximum absolute atomic E-state index is 11.5. The number of amides is 1. The smallest absolute Gasteiger partial charge is 0.261 e. The number of nitrogens with one attached hydrogen (secondary N) is 2. The lowest BCUT2D eigenvalue weighted by Crippen LogP contribution is -2.30. The molecule has 0 spiro atoms. The van der Waals surface area contributed by atoms with E-state index in [9.17, 15) is 9.59 Å². The minimum atomic E-state index is -0.335. The number of rotatable bonds is 3. The van der Waals surface area contributed by atoms with Crippen molar-refractivity contribution in [2.75, 3.05) is 6.54 Å². The lowest BCUT2D eigenvalue weighted by Gasteiger charge is -2.04. The van der Waals surface area contributed by atoms with Crippen LogP contribution in [0.3, 0.4) is 0 Å². The van der Waals surface area contributed by atoms with Crippen molar-refractivity contribution in [2.45, 2.75) is 20.3 Å². The van der Waals surface area contributed by atoms with Gasteiger partial charge in [0, 0.05) is 12.7 Å². The molecule has 1 rings (SSSR count). The van der Waals surface area contributed by atoms with Gasteiger partial charge in [0.05, 0.1) is 0 Å². The second-order valence-electron chi connectivity index (χ2n) is 3.12. The molecule has 1 aromatic rings. The average Bonchev–Trinajstić information content (AvgIpc) is 2.14. The number of carbonyl (C=O) groups excluding carboxylic acids is 1. The number of pyridine rings is 1. The summed E-state index contributed by atoms with van der Waals surface area (Å²) in [6.45, 7) is 4.30. The molecule has 0 aromatic carbocycles. The normalized spacial score (nSPS) is 9.86. The first-order chi connectivity index (χ1) is 6.66. The molecule has 0 fully saturated rings. The summed E-state index contributed by atoms with van der Waals surface area (Å²) in [4.78, 5) is 25.3. The third kappa shape index (κ3) is 2.22. The van der Waals surface area contributed by atoms with E-state index in [-0.39, 0.29) is 17.0 Å². The lowest BCUT2D eigenvalue weighted by molar-refractivity contribution is 0.0951. The van der Waals surface area contributed by atoms with E-state index in [4.69, 9.17) is 0 Å². The zero-order chi connectivity index (χ0) is 10.6. The van der Waals surface area contributed by atoms with Gasteiger partial charge in [0.2, 0.25) is 0 Å². The van der Waals surface area contributed by atoms with Crippen molar-refractivity contribution in [1.82, 2.24) is 10.3 Å². The van der Waals surface area contributed by atoms with E-state index in [0.717, 1.165) is 6.42 Å². The van der Waals surface area contributed by atoms with E-state index in [0.29, 0.717) is 12.1 Å². The van der Waals surface area contributed by atoms with Gasteiger partial charge in [-0.15, -0.1) is 0 Å². The predicted octanol–water partition coefficient (Wildman–Crippen LogP) is 0.823. The lowest BCUT2D eigenvalue weighted by atomic mass is 10.1. The Morgan fingerprint density at radius 3 is 2.86 bits per heavy atom. The topological polar surface area (TPSA) is 62.0 Å². The van der Waals surface area contributed by atoms with Gasteiger partial charge in [0.15, 0.2) is 0 Å². The van der Waals surface area contributed by atoms with Crippen molar-refractivity contribution in [3.05, 3.63) is 33.7 Å². The Bertz CT molecular complexity index is 382. The largest absolute Gasteiger partial charge is 0.352 e. The summed E-state index contributed by atoms with van der Waals surface area (Å²) < 4.78 is 0. The van der Waals surface area contributed by atoms with Crippen LogP contribution in [0.25, 0.3) is 0 Å². The number of aryl methyl sites for hydroxylation is 1. The standard InChI is InChI=1S/C10H14N2O2/c1-3-5-11-9(13)8-7(2)4-6-12-10(8)14/h4,6H,3,5H2,1-2H3,(H,11,13)(H,12,14). The highest BCUT2D eigenvalue weighted by molar-refractivity contribution is 5.95. The van der Waals surface area contributed by atoms with Crippen molar-refractivity contribution in [1.29, 1.82) is 0 Å². The van der Waals surface area contributed by atoms with Crippen molar-refractivity contribution < 1.29 is 4.79 Å². The van der Waals surface area contributed by atoms with E-state index < -0.39 is 0 Å². The molecule has 0 bridgehead atoms. The van der Waals surface area contributed by atoms with Crippen molar-refractivity contribution in [3.8, 4) is 0 Å². The molecular formula is C10H14N2O2. The Morgan fingerprint density at radius 2 is 2.29 bits per heavy atom. The minimum absolute atomic E-state index is 0.209. The molecule has 0 radical (unpaired) electrons. The van der Waals surface area contributed by atoms with Gasteiger partial charge < -0.3 is 10.3 Å². The monoisotopic (exact) mass is 194 g/mol. The fourth-order valence-electron chi connectivity index (χ4n) is 1.19. The minimum Gasteiger partial charge on any atom is -0.352 e. The summed E-state index contributed by atoms with van der Waals surface area (Å²) >= 11 is 0. The quantitative estimate of drug-likeness (QED) is 0.748. The van der Waals surface area contributed by atoms with Crippen molar-refractivity contribution in [3.63, 3.8) is 0 Å². The van der Waals surface area contributed by atoms with Crippen LogP contribution in [0.2, 0.25) is 0 Å². The van der Waals surface area contributed by atoms with Crippen LogP contribution in [0.4, 0.5) is 0 Å². The number of hydrogen-bond acceptors (Lipinski definition) is 2. The molecule has 0 aliphatic carbocycles. The van der Waals surface area contributed by atoms with Crippen LogP contribution in [-0.2, 0) is 0 Å². The molecule has 4 heteroatoms. The van der Waals surface area contributed by atoms with Crippen LogP contribution in [0.1, 0.15) is 29.3 Å². The summed E-state index contributed by atoms with van der Waals surface area (Å²) in [5.41, 5.74) is 0.571. The van der Waals surface area contributed by atoms with Gasteiger partial charge in [0.1, 0.15) is 5.56 Å². The average molecular weight is 194 g/mol. The molecule has 76 valence electrons. The van der Waals surface area contributed by atoms with Gasteiger partial charge in [-0.2, -0.15) is 0 Å². The molecule has 0 atom stereocenters. The maximum atomic E-state index is 11.5. The summed E-state index contributed by atoms with van der Waals surface area (Å²) in [5, 5.41) is 2.67. The molecule has 2 N–H and O–H groups in total. The van der Waals surface area contributed by atoms with Crippen LogP contribution in [0.5, 0.6) is 0 Å². The van der Waals surface area contributed by atoms with E-state index >= 15 is 0 Å². The fourth-order valence-corrected chi connectivity index (χ4v) is 1.19. The Morgan fingerprint density at radius 1 is 1.57 bits per heavy atom. The zero-order valence-electron chi connectivity index (χ0n) is 8.39. The third-order valence-electron chi connectivity index (χ3n) is 1.93. The van der Waals surface area contributed by atoms with Gasteiger partial charge in [0.25, 0.3) is 11.5 Å². The summed E-state index contributed by atoms with van der Waals surface area (Å²) in [7, 11) is 0. The number of hydrogen-bond donors (Lipinski definition) is 2. The second kappa shape index (κ2) is 4.60. The van der Waals surface area contributed by atoms with E-state index in [1.54, 1.807) is 13.0 Å². The molecule has 0 saturated carbocycles. The summed E-state index contributed by atoms with van der Waals surface area (Å²) in [5.74, 6) is -0.300. The van der Waals surface area contributed by atoms with Crippen LogP contribution in [-0.4, -0.2) is 17.4 Å². The number of H-pyrrole nitrogens is 1. The Hall–Kier alpha value is -1.58. The molecule has 1 heterocycles. The Labute approximate surface area is 82.3 Å². The highest BCUT2D eigenvalue weighted by Gasteiger charge is 2.11. The number of aromatic amines is 1. The van der Waals surface area contributed by atoms with Crippen LogP contribution in [0.15, 0.2) is 17.1 Å². The number of carbonyl (C=O) groups is 1. The first-order valence-corrected chi connectivity index (χ1v) is 4.63. The summed E-state index contributed by atoms with van der Waals surface area (Å²) in [6.07, 6.45) is 2.39. The highest BCUT2D eigenvalue weighted by atomic mass is 16.2. The molecular weight excluding hydrogens is 180 g/mol. The molecule has 0 aliphatic rings. The SMILES string of the molecule is CCCNC(=O)c1c(C)cc[nH]c1=O. The highest BCUT2D eigenvalue weighted by Crippen LogP contribution is 1.99. The van der Waals surface area contributed by atoms with Crippen LogP contribution >= 0.6 is 0 Å². The van der Waals surface area contributed by atoms with Crippen molar-refractivity contribution >= 4 is 5.91 Å². The maximum Gasteiger partial charge on any atom is 0.261 e. The van der Waals surface area contributed by atoms with Gasteiger partial charge in [-0.25, -0.2) is 0 Å². The Kier molecular flexibility index (Phi) is 3.45. The van der Waals surface area contributed by atoms with Crippen LogP contribution < -0.4 is 10.9 Å². The van der Waals surface area contributed by atoms with E-state index in [1.807, 2.05) is 6.92 Å². The van der Waals surface area contributed by atoms with E-state index in [2.05, 4.69) is 10.3 Å². The molecule has 14 heavy (non-hydrogen) atoms. The predicted molar refractivity (Wildman–Crippen MR) is 54.4 cm³/mol. The van der Waals surface area contributed by atoms with Gasteiger partial charge in [-0.3, -0.25) is 9.59 Å². The zero-order valence-corrected chi connectivity index (χ0v) is 8.39. The number of aromatic nitrogens is 1. The molecule has 1 amide bonds. The summed E-state index contributed by atoms with van der Waals surface area (Å²) in [6, 6.07) is 1.71. The molecule has 0 unspecified atom stereocenters. The molecule has 0 aliphatic heterocycles. The first kappa shape index (κ1) is 10.5. The van der Waals surface area contributed by atoms with Crippen molar-refractivity contribution in [2.24, 2.45) is 0 Å². The third-order valence-corrected chi connectivity index (χ3v) is 1.93. The Balaban J connectivity index is 2.95. The fraction of sp³-hybridized carbons (Fsp3) is 0.400. The van der Waals surface area contributed by atoms with Gasteiger partial charge in [-0.05, 0) is 25.0 Å². The van der Waals surface area contributed by atoms with Gasteiger partial charge >= 0.3 is 0 Å². The van der Waals surface area contributed by atoms with Gasteiger partial charge in [-0.1, -0.05) is 6.92 Å².